The van der Waals surface area contributed by atoms with Crippen LogP contribution in [0, 0.1) is 11.8 Å². The maximum atomic E-state index is 14.1. The lowest BCUT2D eigenvalue weighted by atomic mass is 9.83. The number of likely N-dealkylation sites (tertiary alicyclic amines) is 1. The number of hydrogen-bond donors (Lipinski definition) is 4. The molecule has 1 fully saturated rings. The first-order valence-electron chi connectivity index (χ1n) is 14.3. The topological polar surface area (TPSA) is 165 Å². The van der Waals surface area contributed by atoms with Gasteiger partial charge in [0, 0.05) is 29.9 Å². The minimum absolute atomic E-state index is 0.0520. The van der Waals surface area contributed by atoms with Crippen molar-refractivity contribution in [3.05, 3.63) is 65.2 Å². The third kappa shape index (κ3) is 7.26. The number of nitrogens with two attached hydrogens (primary N) is 2. The molecule has 1 aliphatic heterocycles. The Labute approximate surface area is 253 Å². The molecule has 0 saturated carbocycles. The Morgan fingerprint density at radius 2 is 1.48 bits per heavy atom. The average molecular weight is 618 g/mol. The molecule has 1 saturated heterocycles. The van der Waals surface area contributed by atoms with Crippen molar-refractivity contribution in [1.82, 2.24) is 15.5 Å². The zero-order valence-corrected chi connectivity index (χ0v) is 25.0. The summed E-state index contributed by atoms with van der Waals surface area (Å²) in [5.41, 5.74) is 11.0. The molecule has 10 nitrogen and oxygen atoms in total. The predicted octanol–water partition coefficient (Wildman–Crippen LogP) is 3.00. The number of nitrogens with one attached hydrogen (secondary N) is 2. The van der Waals surface area contributed by atoms with E-state index in [0.717, 1.165) is 10.5 Å². The van der Waals surface area contributed by atoms with Crippen molar-refractivity contribution >= 4 is 35.0 Å². The number of alkyl halides is 3. The first kappa shape index (κ1) is 34.2. The summed E-state index contributed by atoms with van der Waals surface area (Å²) in [4.78, 5) is 67.4. The number of ketones is 2. The van der Waals surface area contributed by atoms with E-state index in [0.29, 0.717) is 5.69 Å². The minimum atomic E-state index is -5.24. The van der Waals surface area contributed by atoms with Crippen LogP contribution in [0.3, 0.4) is 0 Å². The number of halogens is 3. The maximum Gasteiger partial charge on any atom is 0.452 e. The summed E-state index contributed by atoms with van der Waals surface area (Å²) >= 11 is 0. The number of anilines is 1. The van der Waals surface area contributed by atoms with Crippen molar-refractivity contribution in [1.29, 1.82) is 0 Å². The van der Waals surface area contributed by atoms with E-state index in [1.807, 2.05) is 0 Å². The molecule has 1 unspecified atom stereocenters. The number of rotatable bonds is 11. The molecule has 3 rings (SSSR count). The number of nitrogens with zero attached hydrogens (tertiary/aromatic N) is 1. The first-order chi connectivity index (χ1) is 20.5. The molecule has 3 atom stereocenters. The summed E-state index contributed by atoms with van der Waals surface area (Å²) in [6, 6.07) is 9.15. The molecule has 13 heteroatoms. The van der Waals surface area contributed by atoms with E-state index in [1.54, 1.807) is 38.1 Å². The fourth-order valence-electron chi connectivity index (χ4n) is 5.06. The van der Waals surface area contributed by atoms with Gasteiger partial charge < -0.3 is 27.0 Å². The smallest absolute Gasteiger partial charge is 0.399 e. The molecule has 3 amide bonds. The monoisotopic (exact) mass is 617 g/mol. The Morgan fingerprint density at radius 1 is 0.909 bits per heavy atom. The number of Topliss-reactive ketones (excluding diaryl/α,β-unsaturated/α-hetero) is 2. The molecular weight excluding hydrogens is 579 g/mol. The third-order valence-electron chi connectivity index (χ3n) is 7.76. The highest BCUT2D eigenvalue weighted by Gasteiger charge is 2.57. The van der Waals surface area contributed by atoms with Gasteiger partial charge in [-0.15, -0.1) is 0 Å². The Hall–Kier alpha value is -4.26. The second kappa shape index (κ2) is 13.6. The Kier molecular flexibility index (Phi) is 10.6. The van der Waals surface area contributed by atoms with Crippen LogP contribution >= 0.6 is 0 Å². The van der Waals surface area contributed by atoms with Crippen LogP contribution in [-0.4, -0.2) is 64.5 Å². The summed E-state index contributed by atoms with van der Waals surface area (Å²) in [6.07, 6.45) is -5.27. The van der Waals surface area contributed by atoms with Gasteiger partial charge in [-0.3, -0.25) is 24.0 Å². The number of benzene rings is 2. The van der Waals surface area contributed by atoms with Crippen LogP contribution in [0.15, 0.2) is 48.5 Å². The summed E-state index contributed by atoms with van der Waals surface area (Å²) in [6.45, 7) is 6.16. The Morgan fingerprint density at radius 3 is 2.00 bits per heavy atom. The summed E-state index contributed by atoms with van der Waals surface area (Å²) in [5, 5.41) is 4.88. The molecule has 44 heavy (non-hydrogen) atoms. The fraction of sp³-hybridized carbons (Fsp3) is 0.452. The van der Waals surface area contributed by atoms with Gasteiger partial charge in [0.05, 0.1) is 12.1 Å². The summed E-state index contributed by atoms with van der Waals surface area (Å²) in [5.74, 6) is -6.76. The van der Waals surface area contributed by atoms with Gasteiger partial charge in [0.25, 0.3) is 17.6 Å². The van der Waals surface area contributed by atoms with E-state index < -0.39 is 59.0 Å². The van der Waals surface area contributed by atoms with Gasteiger partial charge in [0.15, 0.2) is 11.3 Å². The third-order valence-corrected chi connectivity index (χ3v) is 7.76. The van der Waals surface area contributed by atoms with E-state index >= 15 is 0 Å². The Balaban J connectivity index is 1.95. The molecular formula is C31H38F3N5O5. The van der Waals surface area contributed by atoms with Crippen molar-refractivity contribution in [3.63, 3.8) is 0 Å². The molecule has 238 valence electrons. The predicted molar refractivity (Wildman–Crippen MR) is 157 cm³/mol. The number of nitrogen functional groups attached to an aromatic ring is 1. The number of hydrogen-bond acceptors (Lipinski definition) is 7. The second-order valence-corrected chi connectivity index (χ2v) is 11.6. The van der Waals surface area contributed by atoms with Gasteiger partial charge in [-0.05, 0) is 54.5 Å². The van der Waals surface area contributed by atoms with E-state index in [9.17, 15) is 37.1 Å². The number of carbonyl (C=O) groups is 5. The van der Waals surface area contributed by atoms with Gasteiger partial charge in [0.1, 0.15) is 0 Å². The van der Waals surface area contributed by atoms with E-state index in [-0.39, 0.29) is 43.0 Å². The lowest BCUT2D eigenvalue weighted by Crippen LogP contribution is -2.67. The molecule has 2 aromatic rings. The van der Waals surface area contributed by atoms with Gasteiger partial charge in [-0.25, -0.2) is 0 Å². The number of carbonyl (C=O) groups excluding carboxylic acids is 5. The normalized spacial score (nSPS) is 18.2. The van der Waals surface area contributed by atoms with Crippen LogP contribution in [0.1, 0.15) is 66.8 Å². The average Bonchev–Trinajstić information content (AvgIpc) is 3.43. The lowest BCUT2D eigenvalue weighted by molar-refractivity contribution is -0.175. The first-order valence-corrected chi connectivity index (χ1v) is 14.3. The lowest BCUT2D eigenvalue weighted by Gasteiger charge is -2.39. The van der Waals surface area contributed by atoms with E-state index in [2.05, 4.69) is 10.6 Å². The van der Waals surface area contributed by atoms with Crippen LogP contribution in [0.4, 0.5) is 18.9 Å². The SMILES string of the molecule is CC(C)C(NC(=O)[C@]1(C(=O)c2ccc(C(=O)NCc3ccc(N)cc3)cc2)CCCN1C(=O)[C@@H](N)C(C)C)C(=O)C(F)(F)F. The van der Waals surface area contributed by atoms with Crippen molar-refractivity contribution < 1.29 is 37.1 Å². The van der Waals surface area contributed by atoms with Crippen LogP contribution in [0.5, 0.6) is 0 Å². The summed E-state index contributed by atoms with van der Waals surface area (Å²) < 4.78 is 40.2. The molecule has 0 aromatic heterocycles. The molecule has 2 aromatic carbocycles. The van der Waals surface area contributed by atoms with E-state index in [4.69, 9.17) is 11.5 Å². The van der Waals surface area contributed by atoms with Crippen molar-refractivity contribution in [3.8, 4) is 0 Å². The van der Waals surface area contributed by atoms with Crippen molar-refractivity contribution in [2.75, 3.05) is 12.3 Å². The highest BCUT2D eigenvalue weighted by molar-refractivity contribution is 6.20. The fourth-order valence-corrected chi connectivity index (χ4v) is 5.06. The van der Waals surface area contributed by atoms with Crippen molar-refractivity contribution in [2.24, 2.45) is 17.6 Å². The minimum Gasteiger partial charge on any atom is -0.399 e. The largest absolute Gasteiger partial charge is 0.452 e. The number of amides is 3. The molecule has 1 heterocycles. The summed E-state index contributed by atoms with van der Waals surface area (Å²) in [7, 11) is 0. The quantitative estimate of drug-likeness (QED) is 0.171. The zero-order valence-electron chi connectivity index (χ0n) is 25.0. The maximum absolute atomic E-state index is 14.1. The second-order valence-electron chi connectivity index (χ2n) is 11.6. The highest BCUT2D eigenvalue weighted by atomic mass is 19.4. The molecule has 1 aliphatic rings. The van der Waals surface area contributed by atoms with Gasteiger partial charge in [-0.2, -0.15) is 13.2 Å². The van der Waals surface area contributed by atoms with Crippen molar-refractivity contribution in [2.45, 2.75) is 70.9 Å². The molecule has 0 bridgehead atoms. The van der Waals surface area contributed by atoms with Crippen LogP contribution in [0.25, 0.3) is 0 Å². The molecule has 0 radical (unpaired) electrons. The standard InChI is InChI=1S/C31H38F3N5O5/c1-17(2)23(36)28(43)39-15-5-14-30(39,29(44)38-24(18(3)4)26(41)31(32,33)34)25(40)20-8-10-21(11-9-20)27(42)37-16-19-6-12-22(35)13-7-19/h6-13,17-18,23-24H,5,14-16,35-36H2,1-4H3,(H,37,42)(H,38,44)/t23-,24?,30+/m0/s1. The zero-order chi connectivity index (χ0) is 33.0. The van der Waals surface area contributed by atoms with Crippen LogP contribution in [0.2, 0.25) is 0 Å². The Bertz CT molecular complexity index is 1390. The molecule has 6 N–H and O–H groups in total. The van der Waals surface area contributed by atoms with E-state index in [1.165, 1.54) is 38.1 Å². The highest BCUT2D eigenvalue weighted by Crippen LogP contribution is 2.35. The van der Waals surface area contributed by atoms with Crippen LogP contribution < -0.4 is 22.1 Å². The molecule has 0 spiro atoms. The van der Waals surface area contributed by atoms with Crippen LogP contribution in [-0.2, 0) is 20.9 Å². The molecule has 0 aliphatic carbocycles. The van der Waals surface area contributed by atoms with Gasteiger partial charge in [-0.1, -0.05) is 52.0 Å². The van der Waals surface area contributed by atoms with Gasteiger partial charge >= 0.3 is 6.18 Å². The van der Waals surface area contributed by atoms with Gasteiger partial charge in [0.2, 0.25) is 5.91 Å².